The van der Waals surface area contributed by atoms with Gasteiger partial charge in [0.2, 0.25) is 0 Å². The maximum atomic E-state index is 11.9. The molecule has 5 nitrogen and oxygen atoms in total. The summed E-state index contributed by atoms with van der Waals surface area (Å²) in [5.41, 5.74) is 6.74. The largest absolute Gasteiger partial charge is 0.493 e. The van der Waals surface area contributed by atoms with Gasteiger partial charge < -0.3 is 19.8 Å². The number of benzene rings is 1. The van der Waals surface area contributed by atoms with Gasteiger partial charge in [0.25, 0.3) is 0 Å². The summed E-state index contributed by atoms with van der Waals surface area (Å²) in [5.74, 6) is 0.463. The van der Waals surface area contributed by atoms with Gasteiger partial charge in [-0.2, -0.15) is 0 Å². The summed E-state index contributed by atoms with van der Waals surface area (Å²) in [4.78, 5) is 11.9. The smallest absolute Gasteiger partial charge is 0.355 e. The van der Waals surface area contributed by atoms with Crippen molar-refractivity contribution in [3.63, 3.8) is 0 Å². The first-order chi connectivity index (χ1) is 10.2. The van der Waals surface area contributed by atoms with E-state index in [1.807, 2.05) is 37.3 Å². The molecule has 112 valence electrons. The van der Waals surface area contributed by atoms with Crippen LogP contribution in [0.1, 0.15) is 23.8 Å². The third kappa shape index (κ3) is 4.27. The van der Waals surface area contributed by atoms with E-state index in [-0.39, 0.29) is 5.97 Å². The second-order valence-corrected chi connectivity index (χ2v) is 4.60. The van der Waals surface area contributed by atoms with Crippen LogP contribution < -0.4 is 10.5 Å². The number of hydrogen-bond acceptors (Lipinski definition) is 4. The van der Waals surface area contributed by atoms with Crippen LogP contribution in [-0.2, 0) is 11.3 Å². The maximum absolute atomic E-state index is 11.9. The molecule has 2 N–H and O–H groups in total. The summed E-state index contributed by atoms with van der Waals surface area (Å²) in [5, 5.41) is 0. The fraction of sp³-hybridized carbons (Fsp3) is 0.312. The second kappa shape index (κ2) is 7.38. The molecule has 0 aliphatic carbocycles. The molecule has 0 bridgehead atoms. The van der Waals surface area contributed by atoms with Crippen LogP contribution in [0.15, 0.2) is 42.6 Å². The van der Waals surface area contributed by atoms with Crippen LogP contribution in [0.4, 0.5) is 5.69 Å². The molecule has 0 aliphatic rings. The van der Waals surface area contributed by atoms with Gasteiger partial charge in [-0.15, -0.1) is 0 Å². The average molecular weight is 288 g/mol. The Morgan fingerprint density at radius 1 is 1.24 bits per heavy atom. The molecule has 0 fully saturated rings. The van der Waals surface area contributed by atoms with Gasteiger partial charge >= 0.3 is 5.97 Å². The number of carbonyl (C=O) groups excluding carboxylic acids is 1. The number of carbonyl (C=O) groups is 1. The molecule has 21 heavy (non-hydrogen) atoms. The van der Waals surface area contributed by atoms with Crippen LogP contribution in [0.3, 0.4) is 0 Å². The first-order valence-corrected chi connectivity index (χ1v) is 7.01. The highest BCUT2D eigenvalue weighted by Crippen LogP contribution is 2.12. The zero-order valence-electron chi connectivity index (χ0n) is 12.1. The molecule has 0 aliphatic heterocycles. The minimum absolute atomic E-state index is 0.320. The molecule has 0 amide bonds. The van der Waals surface area contributed by atoms with Crippen molar-refractivity contribution in [2.75, 3.05) is 18.9 Å². The minimum Gasteiger partial charge on any atom is -0.493 e. The van der Waals surface area contributed by atoms with Crippen LogP contribution in [-0.4, -0.2) is 23.8 Å². The first kappa shape index (κ1) is 15.0. The highest BCUT2D eigenvalue weighted by atomic mass is 16.5. The molecule has 0 saturated carbocycles. The summed E-state index contributed by atoms with van der Waals surface area (Å²) in [7, 11) is 0. The van der Waals surface area contributed by atoms with E-state index in [0.29, 0.717) is 37.6 Å². The molecular formula is C16H20N2O3. The molecule has 0 radical (unpaired) electrons. The molecule has 0 atom stereocenters. The lowest BCUT2D eigenvalue weighted by molar-refractivity contribution is 0.0474. The van der Waals surface area contributed by atoms with Crippen LogP contribution in [0.25, 0.3) is 0 Å². The molecule has 2 aromatic rings. The Morgan fingerprint density at radius 2 is 2.00 bits per heavy atom. The Kier molecular flexibility index (Phi) is 5.26. The van der Waals surface area contributed by atoms with Gasteiger partial charge in [-0.05, 0) is 25.1 Å². The number of aryl methyl sites for hydroxylation is 1. The summed E-state index contributed by atoms with van der Waals surface area (Å²) >= 11 is 0. The molecule has 1 aromatic carbocycles. The minimum atomic E-state index is -0.353. The van der Waals surface area contributed by atoms with E-state index in [1.165, 1.54) is 0 Å². The number of esters is 1. The van der Waals surface area contributed by atoms with Crippen molar-refractivity contribution in [1.29, 1.82) is 0 Å². The summed E-state index contributed by atoms with van der Waals surface area (Å²) in [6.07, 6.45) is 2.37. The number of aromatic nitrogens is 1. The van der Waals surface area contributed by atoms with Gasteiger partial charge in [0, 0.05) is 19.2 Å². The quantitative estimate of drug-likeness (QED) is 0.628. The number of nitrogen functional groups attached to an aromatic ring is 1. The number of para-hydroxylation sites is 1. The number of ether oxygens (including phenoxy) is 2. The van der Waals surface area contributed by atoms with Crippen molar-refractivity contribution in [2.24, 2.45) is 0 Å². The van der Waals surface area contributed by atoms with Crippen molar-refractivity contribution in [3.05, 3.63) is 48.3 Å². The zero-order valence-corrected chi connectivity index (χ0v) is 12.1. The maximum Gasteiger partial charge on any atom is 0.355 e. The monoisotopic (exact) mass is 288 g/mol. The first-order valence-electron chi connectivity index (χ1n) is 7.01. The highest BCUT2D eigenvalue weighted by molar-refractivity contribution is 5.89. The zero-order chi connectivity index (χ0) is 15.1. The second-order valence-electron chi connectivity index (χ2n) is 4.60. The van der Waals surface area contributed by atoms with Crippen molar-refractivity contribution in [3.8, 4) is 5.75 Å². The lowest BCUT2D eigenvalue weighted by atomic mass is 10.3. The lowest BCUT2D eigenvalue weighted by Crippen LogP contribution is -2.13. The van der Waals surface area contributed by atoms with Crippen LogP contribution in [0.2, 0.25) is 0 Å². The Balaban J connectivity index is 1.72. The Morgan fingerprint density at radius 3 is 2.71 bits per heavy atom. The standard InChI is InChI=1S/C16H20N2O3/c1-2-18-12-13(17)11-15(18)16(19)21-10-6-9-20-14-7-4-3-5-8-14/h3-5,7-8,11-12H,2,6,9-10,17H2,1H3. The third-order valence-electron chi connectivity index (χ3n) is 3.00. The summed E-state index contributed by atoms with van der Waals surface area (Å²) in [6.45, 7) is 3.46. The van der Waals surface area contributed by atoms with E-state index in [4.69, 9.17) is 15.2 Å². The van der Waals surface area contributed by atoms with E-state index >= 15 is 0 Å². The van der Waals surface area contributed by atoms with Crippen LogP contribution >= 0.6 is 0 Å². The molecule has 2 rings (SSSR count). The topological polar surface area (TPSA) is 66.5 Å². The number of nitrogens with two attached hydrogens (primary N) is 1. The van der Waals surface area contributed by atoms with Crippen LogP contribution in [0.5, 0.6) is 5.75 Å². The number of anilines is 1. The summed E-state index contributed by atoms with van der Waals surface area (Å²) in [6, 6.07) is 11.2. The van der Waals surface area contributed by atoms with E-state index in [1.54, 1.807) is 16.8 Å². The van der Waals surface area contributed by atoms with Crippen molar-refractivity contribution in [1.82, 2.24) is 4.57 Å². The fourth-order valence-electron chi connectivity index (χ4n) is 1.97. The van der Waals surface area contributed by atoms with Crippen molar-refractivity contribution in [2.45, 2.75) is 19.9 Å². The van der Waals surface area contributed by atoms with E-state index in [9.17, 15) is 4.79 Å². The van der Waals surface area contributed by atoms with Crippen LogP contribution in [0, 0.1) is 0 Å². The molecular weight excluding hydrogens is 268 g/mol. The molecule has 1 heterocycles. The molecule has 0 unspecified atom stereocenters. The SMILES string of the molecule is CCn1cc(N)cc1C(=O)OCCCOc1ccccc1. The van der Waals surface area contributed by atoms with Gasteiger partial charge in [0.1, 0.15) is 11.4 Å². The number of nitrogens with zero attached hydrogens (tertiary/aromatic N) is 1. The van der Waals surface area contributed by atoms with E-state index in [2.05, 4.69) is 0 Å². The lowest BCUT2D eigenvalue weighted by Gasteiger charge is -2.08. The normalized spacial score (nSPS) is 10.3. The fourth-order valence-corrected chi connectivity index (χ4v) is 1.97. The molecule has 1 aromatic heterocycles. The Bertz CT molecular complexity index is 578. The predicted molar refractivity (Wildman–Crippen MR) is 81.4 cm³/mol. The van der Waals surface area contributed by atoms with Crippen molar-refractivity contribution >= 4 is 11.7 Å². The Labute approximate surface area is 124 Å². The Hall–Kier alpha value is -2.43. The van der Waals surface area contributed by atoms with Gasteiger partial charge in [-0.1, -0.05) is 18.2 Å². The predicted octanol–water partition coefficient (Wildman–Crippen LogP) is 2.72. The van der Waals surface area contributed by atoms with E-state index in [0.717, 1.165) is 5.75 Å². The number of hydrogen-bond donors (Lipinski definition) is 1. The van der Waals surface area contributed by atoms with Crippen molar-refractivity contribution < 1.29 is 14.3 Å². The van der Waals surface area contributed by atoms with Gasteiger partial charge in [-0.25, -0.2) is 4.79 Å². The molecule has 0 saturated heterocycles. The summed E-state index contributed by atoms with van der Waals surface area (Å²) < 4.78 is 12.5. The molecule has 5 heteroatoms. The van der Waals surface area contributed by atoms with Gasteiger partial charge in [-0.3, -0.25) is 0 Å². The van der Waals surface area contributed by atoms with E-state index < -0.39 is 0 Å². The van der Waals surface area contributed by atoms with Gasteiger partial charge in [0.15, 0.2) is 0 Å². The number of rotatable bonds is 7. The highest BCUT2D eigenvalue weighted by Gasteiger charge is 2.13. The third-order valence-corrected chi connectivity index (χ3v) is 3.00. The molecule has 0 spiro atoms. The average Bonchev–Trinajstić information content (AvgIpc) is 2.89. The van der Waals surface area contributed by atoms with Gasteiger partial charge in [0.05, 0.1) is 18.9 Å².